The zero-order chi connectivity index (χ0) is 9.80. The fourth-order valence-corrected chi connectivity index (χ4v) is 1.77. The van der Waals surface area contributed by atoms with Gasteiger partial charge in [0.05, 0.1) is 0 Å². The Morgan fingerprint density at radius 3 is 2.00 bits per heavy atom. The lowest BCUT2D eigenvalue weighted by atomic mass is 10.2. The highest BCUT2D eigenvalue weighted by molar-refractivity contribution is 5.86. The minimum Gasteiger partial charge on any atom is -0.369 e. The van der Waals surface area contributed by atoms with Crippen LogP contribution in [-0.4, -0.2) is 26.2 Å². The maximum atomic E-state index is 5.55. The summed E-state index contributed by atoms with van der Waals surface area (Å²) in [7, 11) is 0. The molecule has 0 atom stereocenters. The zero-order valence-electron chi connectivity index (χ0n) is 9.59. The first-order valence-corrected chi connectivity index (χ1v) is 5.15. The van der Waals surface area contributed by atoms with Crippen LogP contribution in [0.3, 0.4) is 0 Å². The molecule has 2 rings (SSSR count). The Morgan fingerprint density at radius 2 is 1.53 bits per heavy atom. The monoisotopic (exact) mass is 299 g/mol. The maximum absolute atomic E-state index is 5.55. The summed E-state index contributed by atoms with van der Waals surface area (Å²) in [5, 5.41) is 3.35. The molecule has 0 radical (unpaired) electrons. The molecule has 0 unspecified atom stereocenters. The van der Waals surface area contributed by atoms with Crippen LogP contribution >= 0.6 is 37.2 Å². The number of halogens is 3. The van der Waals surface area contributed by atoms with Gasteiger partial charge in [0.15, 0.2) is 0 Å². The molecule has 1 fully saturated rings. The largest absolute Gasteiger partial charge is 0.369 e. The topological polar surface area (TPSA) is 41.3 Å². The van der Waals surface area contributed by atoms with E-state index in [1.165, 1.54) is 11.3 Å². The second kappa shape index (κ2) is 9.80. The van der Waals surface area contributed by atoms with Crippen LogP contribution in [0, 0.1) is 0 Å². The van der Waals surface area contributed by atoms with E-state index in [0.29, 0.717) is 6.54 Å². The van der Waals surface area contributed by atoms with Gasteiger partial charge in [-0.3, -0.25) is 0 Å². The Morgan fingerprint density at radius 1 is 1.00 bits per heavy atom. The number of piperazine rings is 1. The van der Waals surface area contributed by atoms with E-state index in [1.807, 2.05) is 0 Å². The van der Waals surface area contributed by atoms with E-state index in [2.05, 4.69) is 34.5 Å². The van der Waals surface area contributed by atoms with Crippen LogP contribution in [0.4, 0.5) is 5.69 Å². The molecule has 0 bridgehead atoms. The summed E-state index contributed by atoms with van der Waals surface area (Å²) in [6.45, 7) is 4.99. The van der Waals surface area contributed by atoms with Gasteiger partial charge in [-0.1, -0.05) is 12.1 Å². The number of hydrogen-bond donors (Lipinski definition) is 2. The normalized spacial score (nSPS) is 14.1. The molecule has 0 saturated carbocycles. The van der Waals surface area contributed by atoms with Gasteiger partial charge >= 0.3 is 0 Å². The number of nitrogens with one attached hydrogen (secondary N) is 1. The number of benzene rings is 1. The highest BCUT2D eigenvalue weighted by atomic mass is 35.5. The Kier molecular flexibility index (Phi) is 11.0. The second-order valence-corrected chi connectivity index (χ2v) is 3.61. The lowest BCUT2D eigenvalue weighted by molar-refractivity contribution is 0.589. The summed E-state index contributed by atoms with van der Waals surface area (Å²) < 4.78 is 0. The van der Waals surface area contributed by atoms with Crippen LogP contribution in [0.1, 0.15) is 5.56 Å². The Balaban J connectivity index is 0. The van der Waals surface area contributed by atoms with Crippen LogP contribution < -0.4 is 16.0 Å². The molecule has 0 aliphatic carbocycles. The van der Waals surface area contributed by atoms with Crippen molar-refractivity contribution < 1.29 is 0 Å². The van der Waals surface area contributed by atoms with Gasteiger partial charge < -0.3 is 16.0 Å². The van der Waals surface area contributed by atoms with Gasteiger partial charge in [0.2, 0.25) is 0 Å². The third kappa shape index (κ3) is 5.32. The molecule has 1 aliphatic rings. The lowest BCUT2D eigenvalue weighted by Gasteiger charge is -2.29. The van der Waals surface area contributed by atoms with E-state index in [0.717, 1.165) is 26.2 Å². The van der Waals surface area contributed by atoms with Crippen molar-refractivity contribution in [1.29, 1.82) is 0 Å². The SMILES string of the molecule is Cl.Cl.Cl.NCc1ccc(N2CCNCC2)cc1. The maximum Gasteiger partial charge on any atom is 0.0367 e. The molecule has 0 aromatic heterocycles. The molecule has 100 valence electrons. The molecule has 1 saturated heterocycles. The van der Waals surface area contributed by atoms with E-state index in [4.69, 9.17) is 5.73 Å². The van der Waals surface area contributed by atoms with Crippen molar-refractivity contribution in [3.8, 4) is 0 Å². The molecule has 0 spiro atoms. The van der Waals surface area contributed by atoms with Crippen LogP contribution in [0.15, 0.2) is 24.3 Å². The van der Waals surface area contributed by atoms with Crippen molar-refractivity contribution in [3.63, 3.8) is 0 Å². The summed E-state index contributed by atoms with van der Waals surface area (Å²) >= 11 is 0. The van der Waals surface area contributed by atoms with Gasteiger partial charge in [-0.15, -0.1) is 37.2 Å². The smallest absolute Gasteiger partial charge is 0.0367 e. The van der Waals surface area contributed by atoms with Crippen LogP contribution in [-0.2, 0) is 6.54 Å². The number of nitrogens with zero attached hydrogens (tertiary/aromatic N) is 1. The van der Waals surface area contributed by atoms with Crippen molar-refractivity contribution in [1.82, 2.24) is 5.32 Å². The molecule has 6 heteroatoms. The van der Waals surface area contributed by atoms with Crippen LogP contribution in [0.2, 0.25) is 0 Å². The Hall–Kier alpha value is -0.190. The number of nitrogens with two attached hydrogens (primary N) is 1. The Labute approximate surface area is 121 Å². The van der Waals surface area contributed by atoms with E-state index >= 15 is 0 Å². The van der Waals surface area contributed by atoms with Crippen LogP contribution in [0.5, 0.6) is 0 Å². The molecule has 0 amide bonds. The first-order chi connectivity index (χ1) is 6.90. The van der Waals surface area contributed by atoms with Crippen molar-refractivity contribution in [3.05, 3.63) is 29.8 Å². The summed E-state index contributed by atoms with van der Waals surface area (Å²) in [6, 6.07) is 8.54. The fourth-order valence-electron chi connectivity index (χ4n) is 1.77. The van der Waals surface area contributed by atoms with Crippen molar-refractivity contribution >= 4 is 42.9 Å². The van der Waals surface area contributed by atoms with E-state index in [-0.39, 0.29) is 37.2 Å². The highest BCUT2D eigenvalue weighted by Gasteiger charge is 2.09. The van der Waals surface area contributed by atoms with Crippen LogP contribution in [0.25, 0.3) is 0 Å². The summed E-state index contributed by atoms with van der Waals surface area (Å²) in [5.74, 6) is 0. The van der Waals surface area contributed by atoms with Gasteiger partial charge in [0.25, 0.3) is 0 Å². The van der Waals surface area contributed by atoms with Gasteiger partial charge in [-0.25, -0.2) is 0 Å². The van der Waals surface area contributed by atoms with Gasteiger partial charge in [-0.2, -0.15) is 0 Å². The predicted molar refractivity (Wildman–Crippen MR) is 81.2 cm³/mol. The molecule has 1 aromatic rings. The van der Waals surface area contributed by atoms with E-state index in [1.54, 1.807) is 0 Å². The lowest BCUT2D eigenvalue weighted by Crippen LogP contribution is -2.43. The molecule has 3 N–H and O–H groups in total. The molecule has 1 aliphatic heterocycles. The summed E-state index contributed by atoms with van der Waals surface area (Å²) in [6.07, 6.45) is 0. The molecule has 1 heterocycles. The first kappa shape index (κ1) is 19.2. The molecule has 1 aromatic carbocycles. The third-order valence-electron chi connectivity index (χ3n) is 2.65. The van der Waals surface area contributed by atoms with E-state index in [9.17, 15) is 0 Å². The van der Waals surface area contributed by atoms with Crippen molar-refractivity contribution in [2.45, 2.75) is 6.54 Å². The van der Waals surface area contributed by atoms with Gasteiger partial charge in [0, 0.05) is 38.4 Å². The van der Waals surface area contributed by atoms with Gasteiger partial charge in [0.1, 0.15) is 0 Å². The Bertz CT molecular complexity index is 287. The quantitative estimate of drug-likeness (QED) is 0.875. The minimum atomic E-state index is 0. The molecule has 17 heavy (non-hydrogen) atoms. The molecule has 3 nitrogen and oxygen atoms in total. The predicted octanol–water partition coefficient (Wildman–Crippen LogP) is 1.82. The summed E-state index contributed by atoms with van der Waals surface area (Å²) in [5.41, 5.74) is 8.06. The third-order valence-corrected chi connectivity index (χ3v) is 2.65. The average Bonchev–Trinajstić information content (AvgIpc) is 2.30. The van der Waals surface area contributed by atoms with Gasteiger partial charge in [-0.05, 0) is 17.7 Å². The number of rotatable bonds is 2. The molecular formula is C11H20Cl3N3. The number of anilines is 1. The van der Waals surface area contributed by atoms with Crippen molar-refractivity contribution in [2.75, 3.05) is 31.1 Å². The fraction of sp³-hybridized carbons (Fsp3) is 0.455. The highest BCUT2D eigenvalue weighted by Crippen LogP contribution is 2.15. The second-order valence-electron chi connectivity index (χ2n) is 3.61. The first-order valence-electron chi connectivity index (χ1n) is 5.15. The van der Waals surface area contributed by atoms with E-state index < -0.39 is 0 Å². The minimum absolute atomic E-state index is 0. The average molecular weight is 301 g/mol. The number of hydrogen-bond acceptors (Lipinski definition) is 3. The molecular weight excluding hydrogens is 281 g/mol. The summed E-state index contributed by atoms with van der Waals surface area (Å²) in [4.78, 5) is 2.40. The van der Waals surface area contributed by atoms with Crippen molar-refractivity contribution in [2.24, 2.45) is 5.73 Å². The zero-order valence-corrected chi connectivity index (χ0v) is 12.0. The standard InChI is InChI=1S/C11H17N3.3ClH/c12-9-10-1-3-11(4-2-10)14-7-5-13-6-8-14;;;/h1-4,13H,5-9,12H2;3*1H.